The molecule has 8 rings (SSSR count). The summed E-state index contributed by atoms with van der Waals surface area (Å²) in [7, 11) is 1.89. The molecular weight excluding hydrogens is 516 g/mol. The van der Waals surface area contributed by atoms with Crippen molar-refractivity contribution in [2.75, 3.05) is 4.90 Å². The summed E-state index contributed by atoms with van der Waals surface area (Å²) in [5, 5.41) is 21.5. The van der Waals surface area contributed by atoms with E-state index < -0.39 is 5.60 Å². The first-order chi connectivity index (χ1) is 19.6. The van der Waals surface area contributed by atoms with Crippen LogP contribution in [0.1, 0.15) is 58.4 Å². The van der Waals surface area contributed by atoms with Crippen molar-refractivity contribution in [3.8, 4) is 28.3 Å². The molecule has 6 heterocycles. The standard InChI is InChI=1S/C31H34N8O2/c1-30(2,3)36-29(40)41-31-10-19-7-24(11-31)39(25(8-19)12-31)27-6-5-20(14-33-27)26-9-21(23-16-34-37(4)17-23)18-38-28(26)22(13-32)15-35-38/h5-6,9,14-19,24-25H,7-8,10-12H2,1-4H3,(H,36,40)/t19?,24-,25+,31?. The van der Waals surface area contributed by atoms with Crippen LogP contribution >= 0.6 is 0 Å². The average molecular weight is 551 g/mol. The fourth-order valence-electron chi connectivity index (χ4n) is 7.43. The van der Waals surface area contributed by atoms with E-state index in [1.54, 1.807) is 15.4 Å². The molecule has 1 amide bonds. The van der Waals surface area contributed by atoms with Gasteiger partial charge in [0.05, 0.1) is 23.5 Å². The van der Waals surface area contributed by atoms with Crippen molar-refractivity contribution >= 4 is 17.4 Å². The molecule has 2 saturated heterocycles. The Labute approximate surface area is 238 Å². The predicted octanol–water partition coefficient (Wildman–Crippen LogP) is 5.08. The van der Waals surface area contributed by atoms with E-state index in [9.17, 15) is 10.1 Å². The third-order valence-electron chi connectivity index (χ3n) is 8.75. The summed E-state index contributed by atoms with van der Waals surface area (Å²) in [6, 6.07) is 9.13. The number of carbonyl (C=O) groups is 1. The van der Waals surface area contributed by atoms with Crippen molar-refractivity contribution in [3.05, 3.63) is 54.7 Å². The number of aryl methyl sites for hydroxylation is 1. The maximum absolute atomic E-state index is 12.7. The van der Waals surface area contributed by atoms with Crippen LogP contribution in [0.3, 0.4) is 0 Å². The monoisotopic (exact) mass is 550 g/mol. The number of carbonyl (C=O) groups excluding carboxylic acids is 1. The van der Waals surface area contributed by atoms with E-state index in [0.29, 0.717) is 23.6 Å². The van der Waals surface area contributed by atoms with Crippen LogP contribution in [0.15, 0.2) is 49.2 Å². The fourth-order valence-corrected chi connectivity index (χ4v) is 7.43. The number of piperidine rings is 2. The van der Waals surface area contributed by atoms with Gasteiger partial charge in [-0.15, -0.1) is 0 Å². The number of fused-ring (bicyclic) bond motifs is 1. The number of nitriles is 1. The molecule has 10 heteroatoms. The second-order valence-electron chi connectivity index (χ2n) is 13.0. The zero-order valence-electron chi connectivity index (χ0n) is 23.8. The van der Waals surface area contributed by atoms with Crippen LogP contribution in [0.4, 0.5) is 10.6 Å². The van der Waals surface area contributed by atoms with Crippen LogP contribution in [-0.2, 0) is 11.8 Å². The maximum Gasteiger partial charge on any atom is 0.408 e. The minimum absolute atomic E-state index is 0.294. The number of aromatic nitrogens is 5. The number of rotatable bonds is 4. The molecule has 1 N–H and O–H groups in total. The van der Waals surface area contributed by atoms with E-state index in [-0.39, 0.29) is 11.6 Å². The Hall–Kier alpha value is -4.39. The topological polar surface area (TPSA) is 113 Å². The van der Waals surface area contributed by atoms with Crippen molar-refractivity contribution in [2.45, 2.75) is 76.1 Å². The number of nitrogens with zero attached hydrogens (tertiary/aromatic N) is 7. The van der Waals surface area contributed by atoms with E-state index in [2.05, 4.69) is 44.7 Å². The third-order valence-corrected chi connectivity index (χ3v) is 8.75. The van der Waals surface area contributed by atoms with Gasteiger partial charge in [0.2, 0.25) is 0 Å². The van der Waals surface area contributed by atoms with Crippen molar-refractivity contribution in [3.63, 3.8) is 0 Å². The normalized spacial score (nSPS) is 25.0. The number of nitrogens with one attached hydrogen (secondary N) is 1. The van der Waals surface area contributed by atoms with Crippen LogP contribution in [0, 0.1) is 17.2 Å². The van der Waals surface area contributed by atoms with Gasteiger partial charge in [-0.05, 0) is 64.2 Å². The molecule has 2 aliphatic heterocycles. The van der Waals surface area contributed by atoms with Crippen molar-refractivity contribution in [1.82, 2.24) is 29.7 Å². The van der Waals surface area contributed by atoms with Gasteiger partial charge in [-0.2, -0.15) is 15.5 Å². The molecule has 210 valence electrons. The molecule has 2 saturated carbocycles. The molecule has 10 nitrogen and oxygen atoms in total. The SMILES string of the molecule is Cn1cc(-c2cc(-c3ccc(N4[C@@H]5CC6C[C@H]4CC(OC(=O)NC(C)(C)C)(C6)C5)nc3)c3c(C#N)cnn3c2)cn1. The van der Waals surface area contributed by atoms with E-state index >= 15 is 0 Å². The smallest absolute Gasteiger partial charge is 0.408 e. The highest BCUT2D eigenvalue weighted by molar-refractivity contribution is 5.87. The molecule has 41 heavy (non-hydrogen) atoms. The summed E-state index contributed by atoms with van der Waals surface area (Å²) in [5.41, 5.74) is 4.32. The van der Waals surface area contributed by atoms with Gasteiger partial charge in [0.15, 0.2) is 0 Å². The van der Waals surface area contributed by atoms with Crippen LogP contribution in [0.2, 0.25) is 0 Å². The molecule has 2 unspecified atom stereocenters. The van der Waals surface area contributed by atoms with E-state index in [4.69, 9.17) is 9.72 Å². The molecule has 4 aliphatic rings. The number of alkyl carbamates (subject to hydrolysis) is 1. The van der Waals surface area contributed by atoms with Gasteiger partial charge >= 0.3 is 6.09 Å². The lowest BCUT2D eigenvalue weighted by molar-refractivity contribution is -0.0944. The zero-order valence-corrected chi connectivity index (χ0v) is 23.8. The van der Waals surface area contributed by atoms with Crippen molar-refractivity contribution in [1.29, 1.82) is 5.26 Å². The van der Waals surface area contributed by atoms with Crippen LogP contribution in [0.25, 0.3) is 27.8 Å². The maximum atomic E-state index is 12.7. The molecule has 0 radical (unpaired) electrons. The quantitative estimate of drug-likeness (QED) is 0.377. The van der Waals surface area contributed by atoms with Crippen LogP contribution < -0.4 is 10.2 Å². The molecule has 4 fully saturated rings. The number of pyridine rings is 2. The zero-order chi connectivity index (χ0) is 28.5. The Kier molecular flexibility index (Phi) is 5.65. The minimum Gasteiger partial charge on any atom is -0.443 e. The van der Waals surface area contributed by atoms with Gasteiger partial charge in [-0.25, -0.2) is 14.3 Å². The second kappa shape index (κ2) is 9.06. The fraction of sp³-hybridized carbons (Fsp3) is 0.452. The molecule has 4 aromatic rings. The number of anilines is 1. The third kappa shape index (κ3) is 4.49. The molecule has 0 spiro atoms. The lowest BCUT2D eigenvalue weighted by atomic mass is 9.61. The molecule has 4 aromatic heterocycles. The number of ether oxygens (including phenoxy) is 1. The lowest BCUT2D eigenvalue weighted by Gasteiger charge is -2.61. The molecule has 4 bridgehead atoms. The highest BCUT2D eigenvalue weighted by atomic mass is 16.6. The summed E-state index contributed by atoms with van der Waals surface area (Å²) >= 11 is 0. The predicted molar refractivity (Wildman–Crippen MR) is 154 cm³/mol. The van der Waals surface area contributed by atoms with Crippen molar-refractivity contribution < 1.29 is 9.53 Å². The van der Waals surface area contributed by atoms with E-state index in [0.717, 1.165) is 65.7 Å². The first kappa shape index (κ1) is 25.6. The van der Waals surface area contributed by atoms with Crippen molar-refractivity contribution in [2.24, 2.45) is 13.0 Å². The first-order valence-electron chi connectivity index (χ1n) is 14.3. The Morgan fingerprint density at radius 2 is 1.83 bits per heavy atom. The van der Waals surface area contributed by atoms with E-state index in [1.165, 1.54) is 0 Å². The Balaban J connectivity index is 1.18. The lowest BCUT2D eigenvalue weighted by Crippen LogP contribution is -2.66. The van der Waals surface area contributed by atoms with Gasteiger partial charge in [-0.3, -0.25) is 4.68 Å². The van der Waals surface area contributed by atoms with Gasteiger partial charge in [0.25, 0.3) is 0 Å². The molecule has 2 aliphatic carbocycles. The molecular formula is C31H34N8O2. The number of hydrogen-bond donors (Lipinski definition) is 1. The highest BCUT2D eigenvalue weighted by Crippen LogP contribution is 2.54. The van der Waals surface area contributed by atoms with E-state index in [1.807, 2.05) is 52.6 Å². The minimum atomic E-state index is -0.393. The Morgan fingerprint density at radius 1 is 1.05 bits per heavy atom. The summed E-state index contributed by atoms with van der Waals surface area (Å²) in [4.78, 5) is 20.1. The van der Waals surface area contributed by atoms with Gasteiger partial charge in [0, 0.05) is 78.4 Å². The number of amides is 1. The van der Waals surface area contributed by atoms with Gasteiger partial charge in [0.1, 0.15) is 17.5 Å². The average Bonchev–Trinajstić information content (AvgIpc) is 3.52. The van der Waals surface area contributed by atoms with Crippen LogP contribution in [0.5, 0.6) is 0 Å². The summed E-state index contributed by atoms with van der Waals surface area (Å²) in [5.74, 6) is 1.52. The van der Waals surface area contributed by atoms with Gasteiger partial charge in [-0.1, -0.05) is 0 Å². The number of hydrogen-bond acceptors (Lipinski definition) is 7. The largest absolute Gasteiger partial charge is 0.443 e. The summed E-state index contributed by atoms with van der Waals surface area (Å²) in [6.45, 7) is 5.91. The molecule has 0 aromatic carbocycles. The highest BCUT2D eigenvalue weighted by Gasteiger charge is 2.57. The Bertz CT molecular complexity index is 1670. The Morgan fingerprint density at radius 3 is 2.46 bits per heavy atom. The van der Waals surface area contributed by atoms with Gasteiger partial charge < -0.3 is 15.0 Å². The first-order valence-corrected chi connectivity index (χ1v) is 14.3. The summed E-state index contributed by atoms with van der Waals surface area (Å²) in [6.07, 6.45) is 13.7. The second-order valence-corrected chi connectivity index (χ2v) is 13.0. The van der Waals surface area contributed by atoms with Crippen LogP contribution in [-0.4, -0.2) is 53.7 Å². The molecule has 4 atom stereocenters. The summed E-state index contributed by atoms with van der Waals surface area (Å²) < 4.78 is 9.69.